The summed E-state index contributed by atoms with van der Waals surface area (Å²) in [6.07, 6.45) is 6.07. The molecule has 1 aliphatic heterocycles. The van der Waals surface area contributed by atoms with E-state index in [2.05, 4.69) is 97.1 Å². The summed E-state index contributed by atoms with van der Waals surface area (Å²) < 4.78 is 2.80. The average molecular weight is 448 g/mol. The van der Waals surface area contributed by atoms with E-state index in [1.54, 1.807) is 5.57 Å². The van der Waals surface area contributed by atoms with Crippen molar-refractivity contribution < 1.29 is 4.48 Å². The van der Waals surface area contributed by atoms with E-state index in [1.165, 1.54) is 64.4 Å². The number of quaternary nitrogens is 1. The molecule has 1 nitrogen and oxygen atoms in total. The first kappa shape index (κ1) is 20.2. The molecule has 3 aromatic rings. The molecule has 1 fully saturated rings. The fourth-order valence-corrected chi connectivity index (χ4v) is 6.52. The van der Waals surface area contributed by atoms with Crippen molar-refractivity contribution in [3.8, 4) is 0 Å². The third-order valence-corrected chi connectivity index (χ3v) is 8.64. The molecule has 1 aliphatic rings. The van der Waals surface area contributed by atoms with Crippen LogP contribution in [0.4, 0.5) is 0 Å². The van der Waals surface area contributed by atoms with E-state index in [-0.39, 0.29) is 0 Å². The van der Waals surface area contributed by atoms with Crippen LogP contribution in [0.3, 0.4) is 0 Å². The first-order valence-corrected chi connectivity index (χ1v) is 12.7. The van der Waals surface area contributed by atoms with Crippen molar-refractivity contribution in [2.24, 2.45) is 0 Å². The molecule has 0 N–H and O–H groups in total. The third kappa shape index (κ3) is 5.93. The minimum atomic E-state index is 0.540. The molecule has 0 atom stereocenters. The maximum atomic E-state index is 2.42. The Hall–Kier alpha value is -2.12. The topological polar surface area (TPSA) is 0 Å². The van der Waals surface area contributed by atoms with E-state index >= 15 is 0 Å². The van der Waals surface area contributed by atoms with E-state index in [1.807, 2.05) is 0 Å². The summed E-state index contributed by atoms with van der Waals surface area (Å²) in [5.41, 5.74) is 5.75. The predicted octanol–water partition coefficient (Wildman–Crippen LogP) is 4.91. The van der Waals surface area contributed by atoms with Gasteiger partial charge in [0.25, 0.3) is 0 Å². The molecule has 0 amide bonds. The molecule has 4 rings (SSSR count). The first-order chi connectivity index (χ1) is 14.3. The fraction of sp³-hybridized carbons (Fsp3) is 0.259. The van der Waals surface area contributed by atoms with Crippen LogP contribution in [0.5, 0.6) is 0 Å². The summed E-state index contributed by atoms with van der Waals surface area (Å²) >= 11 is 0.540. The van der Waals surface area contributed by atoms with Gasteiger partial charge in [-0.1, -0.05) is 0 Å². The number of nitrogens with zero attached hydrogens (tertiary/aromatic N) is 1. The molecule has 29 heavy (non-hydrogen) atoms. The van der Waals surface area contributed by atoms with Crippen LogP contribution in [0.15, 0.2) is 96.6 Å². The molecule has 0 aliphatic carbocycles. The van der Waals surface area contributed by atoms with Crippen molar-refractivity contribution in [1.82, 2.24) is 0 Å². The van der Waals surface area contributed by atoms with Crippen LogP contribution in [0.25, 0.3) is 6.08 Å². The summed E-state index contributed by atoms with van der Waals surface area (Å²) in [6.45, 7) is 3.82. The quantitative estimate of drug-likeness (QED) is 0.357. The Morgan fingerprint density at radius 2 is 1.31 bits per heavy atom. The zero-order valence-electron chi connectivity index (χ0n) is 17.0. The zero-order chi connectivity index (χ0) is 19.8. The second-order valence-corrected chi connectivity index (χ2v) is 10.2. The van der Waals surface area contributed by atoms with Gasteiger partial charge in [0.1, 0.15) is 0 Å². The first-order valence-electron chi connectivity index (χ1n) is 10.6. The Balaban J connectivity index is 1.44. The van der Waals surface area contributed by atoms with Crippen molar-refractivity contribution in [3.63, 3.8) is 0 Å². The Labute approximate surface area is 181 Å². The second-order valence-electron chi connectivity index (χ2n) is 8.05. The minimum absolute atomic E-state index is 0.540. The molecular formula is C27H30NSe+. The fourth-order valence-electron chi connectivity index (χ4n) is 4.08. The number of hydrogen-bond donors (Lipinski definition) is 0. The van der Waals surface area contributed by atoms with Crippen molar-refractivity contribution in [3.05, 3.63) is 108 Å². The molecule has 1 saturated heterocycles. The van der Waals surface area contributed by atoms with Gasteiger partial charge in [-0.15, -0.1) is 0 Å². The Bertz CT molecular complexity index is 848. The maximum absolute atomic E-state index is 2.42. The molecule has 0 radical (unpaired) electrons. The molecule has 3 aromatic carbocycles. The Morgan fingerprint density at radius 3 is 1.97 bits per heavy atom. The normalized spacial score (nSPS) is 19.1. The van der Waals surface area contributed by atoms with E-state index in [4.69, 9.17) is 0 Å². The average Bonchev–Trinajstić information content (AvgIpc) is 2.80. The monoisotopic (exact) mass is 448 g/mol. The molecule has 0 saturated carbocycles. The van der Waals surface area contributed by atoms with Gasteiger partial charge < -0.3 is 0 Å². The summed E-state index contributed by atoms with van der Waals surface area (Å²) in [5, 5.41) is 0. The number of benzene rings is 3. The molecule has 2 heteroatoms. The Kier molecular flexibility index (Phi) is 7.00. The van der Waals surface area contributed by atoms with Crippen LogP contribution >= 0.6 is 0 Å². The van der Waals surface area contributed by atoms with Crippen LogP contribution < -0.4 is 4.46 Å². The third-order valence-electron chi connectivity index (χ3n) is 5.95. The summed E-state index contributed by atoms with van der Waals surface area (Å²) in [5.74, 6) is 0. The second kappa shape index (κ2) is 10.1. The van der Waals surface area contributed by atoms with Gasteiger partial charge in [0.2, 0.25) is 0 Å². The molecule has 0 bridgehead atoms. The summed E-state index contributed by atoms with van der Waals surface area (Å²) in [7, 11) is 0. The van der Waals surface area contributed by atoms with Crippen LogP contribution in [-0.4, -0.2) is 44.5 Å². The van der Waals surface area contributed by atoms with Gasteiger partial charge in [-0.2, -0.15) is 0 Å². The van der Waals surface area contributed by atoms with Crippen molar-refractivity contribution in [2.75, 3.05) is 25.1 Å². The van der Waals surface area contributed by atoms with Crippen molar-refractivity contribution in [1.29, 1.82) is 0 Å². The number of hydrogen-bond acceptors (Lipinski definition) is 0. The molecule has 1 heterocycles. The number of rotatable bonds is 7. The van der Waals surface area contributed by atoms with Crippen LogP contribution in [-0.2, 0) is 6.42 Å². The van der Waals surface area contributed by atoms with Gasteiger partial charge in [-0.3, -0.25) is 0 Å². The van der Waals surface area contributed by atoms with Gasteiger partial charge in [0.05, 0.1) is 0 Å². The van der Waals surface area contributed by atoms with Crippen LogP contribution in [0, 0.1) is 0 Å². The van der Waals surface area contributed by atoms with Gasteiger partial charge >= 0.3 is 182 Å². The van der Waals surface area contributed by atoms with Gasteiger partial charge in [0, 0.05) is 0 Å². The van der Waals surface area contributed by atoms with E-state index in [0.29, 0.717) is 15.0 Å². The predicted molar refractivity (Wildman–Crippen MR) is 125 cm³/mol. The van der Waals surface area contributed by atoms with Gasteiger partial charge in [-0.05, 0) is 0 Å². The molecule has 0 unspecified atom stereocenters. The van der Waals surface area contributed by atoms with Crippen LogP contribution in [0.2, 0.25) is 0 Å². The Morgan fingerprint density at radius 1 is 0.724 bits per heavy atom. The standard InChI is InChI=1S/C27H30NSe/c1-4-10-24(11-5-1)16-19-28(23-29-27-14-8-3-9-15-27)20-17-26(18-21-28)22-25-12-6-2-7-13-25/h1-15,22H,16-21,23H2/q+1. The summed E-state index contributed by atoms with van der Waals surface area (Å²) in [6, 6.07) is 32.9. The molecule has 148 valence electrons. The van der Waals surface area contributed by atoms with E-state index in [0.717, 1.165) is 0 Å². The van der Waals surface area contributed by atoms with E-state index < -0.39 is 0 Å². The number of piperidine rings is 1. The zero-order valence-corrected chi connectivity index (χ0v) is 18.8. The SMILES string of the molecule is C(=C1CC[N+](CCc2ccccc2)(C[Se]c2ccccc2)CC1)c1ccccc1. The van der Waals surface area contributed by atoms with E-state index in [9.17, 15) is 0 Å². The summed E-state index contributed by atoms with van der Waals surface area (Å²) in [4.78, 5) is 0. The molecule has 0 aromatic heterocycles. The van der Waals surface area contributed by atoms with Crippen molar-refractivity contribution >= 4 is 25.5 Å². The van der Waals surface area contributed by atoms with Crippen LogP contribution in [0.1, 0.15) is 24.0 Å². The van der Waals surface area contributed by atoms with Gasteiger partial charge in [0.15, 0.2) is 0 Å². The molecule has 0 spiro atoms. The van der Waals surface area contributed by atoms with Crippen molar-refractivity contribution in [2.45, 2.75) is 19.3 Å². The number of likely N-dealkylation sites (tertiary alicyclic amines) is 1. The molecular weight excluding hydrogens is 417 g/mol. The van der Waals surface area contributed by atoms with Gasteiger partial charge in [-0.25, -0.2) is 0 Å².